The van der Waals surface area contributed by atoms with E-state index in [-0.39, 0.29) is 12.3 Å². The molecule has 3 rings (SSSR count). The van der Waals surface area contributed by atoms with E-state index in [1.807, 2.05) is 60.7 Å². The first-order valence-electron chi connectivity index (χ1n) is 9.82. The second-order valence-electron chi connectivity index (χ2n) is 6.88. The minimum absolute atomic E-state index is 0.0295. The summed E-state index contributed by atoms with van der Waals surface area (Å²) in [5, 5.41) is 5.50. The van der Waals surface area contributed by atoms with Gasteiger partial charge in [-0.2, -0.15) is 0 Å². The molecular formula is C24H25N3O4. The molecule has 0 bridgehead atoms. The fourth-order valence-electron chi connectivity index (χ4n) is 3.08. The summed E-state index contributed by atoms with van der Waals surface area (Å²) in [6.45, 7) is 0.344. The minimum Gasteiger partial charge on any atom is -0.497 e. The van der Waals surface area contributed by atoms with Crippen LogP contribution in [-0.4, -0.2) is 19.0 Å². The van der Waals surface area contributed by atoms with Crippen LogP contribution in [0.25, 0.3) is 0 Å². The van der Waals surface area contributed by atoms with Crippen molar-refractivity contribution in [3.63, 3.8) is 0 Å². The fourth-order valence-corrected chi connectivity index (χ4v) is 3.08. The van der Waals surface area contributed by atoms with Crippen LogP contribution in [0, 0.1) is 0 Å². The number of methoxy groups -OCH3 is 1. The van der Waals surface area contributed by atoms with Gasteiger partial charge < -0.3 is 25.8 Å². The third-order valence-electron chi connectivity index (χ3n) is 4.57. The SMILES string of the molecule is COc1cccc(CNC(=O)CC(NC(N)=O)c2cccc(Oc3ccccc3)c2)c1. The Kier molecular flexibility index (Phi) is 7.48. The second kappa shape index (κ2) is 10.7. The van der Waals surface area contributed by atoms with Crippen molar-refractivity contribution in [2.45, 2.75) is 19.0 Å². The van der Waals surface area contributed by atoms with Crippen LogP contribution < -0.4 is 25.8 Å². The molecule has 0 spiro atoms. The number of carbonyl (C=O) groups is 2. The predicted molar refractivity (Wildman–Crippen MR) is 118 cm³/mol. The van der Waals surface area contributed by atoms with Gasteiger partial charge in [0.15, 0.2) is 0 Å². The number of urea groups is 1. The van der Waals surface area contributed by atoms with Crippen molar-refractivity contribution in [3.8, 4) is 17.2 Å². The lowest BCUT2D eigenvalue weighted by Crippen LogP contribution is -2.36. The van der Waals surface area contributed by atoms with E-state index in [0.29, 0.717) is 23.6 Å². The van der Waals surface area contributed by atoms with Gasteiger partial charge in [-0.05, 0) is 47.5 Å². The van der Waals surface area contributed by atoms with Crippen molar-refractivity contribution in [1.82, 2.24) is 10.6 Å². The maximum absolute atomic E-state index is 12.5. The summed E-state index contributed by atoms with van der Waals surface area (Å²) in [5.74, 6) is 1.78. The highest BCUT2D eigenvalue weighted by molar-refractivity contribution is 5.78. The van der Waals surface area contributed by atoms with E-state index in [1.54, 1.807) is 25.3 Å². The van der Waals surface area contributed by atoms with Crippen LogP contribution in [0.2, 0.25) is 0 Å². The van der Waals surface area contributed by atoms with Gasteiger partial charge >= 0.3 is 6.03 Å². The van der Waals surface area contributed by atoms with Crippen molar-refractivity contribution in [2.75, 3.05) is 7.11 Å². The summed E-state index contributed by atoms with van der Waals surface area (Å²) >= 11 is 0. The normalized spacial score (nSPS) is 11.3. The highest BCUT2D eigenvalue weighted by Gasteiger charge is 2.18. The molecule has 0 radical (unpaired) electrons. The zero-order valence-electron chi connectivity index (χ0n) is 17.2. The molecule has 1 atom stereocenters. The van der Waals surface area contributed by atoms with Crippen LogP contribution in [-0.2, 0) is 11.3 Å². The first-order chi connectivity index (χ1) is 15.0. The van der Waals surface area contributed by atoms with E-state index in [4.69, 9.17) is 15.2 Å². The van der Waals surface area contributed by atoms with E-state index in [2.05, 4.69) is 10.6 Å². The molecule has 0 aliphatic rings. The molecule has 0 aliphatic carbocycles. The molecule has 7 nitrogen and oxygen atoms in total. The summed E-state index contributed by atoms with van der Waals surface area (Å²) < 4.78 is 11.0. The molecule has 0 saturated carbocycles. The molecule has 3 aromatic carbocycles. The van der Waals surface area contributed by atoms with Gasteiger partial charge in [-0.1, -0.05) is 42.5 Å². The number of nitrogens with one attached hydrogen (secondary N) is 2. The number of nitrogens with two attached hydrogens (primary N) is 1. The monoisotopic (exact) mass is 419 g/mol. The van der Waals surface area contributed by atoms with Crippen molar-refractivity contribution in [3.05, 3.63) is 90.0 Å². The first-order valence-corrected chi connectivity index (χ1v) is 9.82. The number of amides is 3. The number of ether oxygens (including phenoxy) is 2. The molecule has 160 valence electrons. The van der Waals surface area contributed by atoms with Crippen molar-refractivity contribution >= 4 is 11.9 Å². The largest absolute Gasteiger partial charge is 0.497 e. The second-order valence-corrected chi connectivity index (χ2v) is 6.88. The lowest BCUT2D eigenvalue weighted by atomic mass is 10.0. The van der Waals surface area contributed by atoms with Gasteiger partial charge in [-0.3, -0.25) is 4.79 Å². The topological polar surface area (TPSA) is 103 Å². The Labute approximate surface area is 181 Å². The highest BCUT2D eigenvalue weighted by Crippen LogP contribution is 2.26. The standard InChI is InChI=1S/C24H25N3O4/c1-30-20-11-5-7-17(13-20)16-26-23(28)15-22(27-24(25)29)18-8-6-12-21(14-18)31-19-9-3-2-4-10-19/h2-14,22H,15-16H2,1H3,(H,26,28)(H3,25,27,29). The third kappa shape index (κ3) is 6.78. The zero-order chi connectivity index (χ0) is 22.1. The van der Waals surface area contributed by atoms with E-state index < -0.39 is 12.1 Å². The van der Waals surface area contributed by atoms with E-state index in [9.17, 15) is 9.59 Å². The van der Waals surface area contributed by atoms with Crippen molar-refractivity contribution in [2.24, 2.45) is 5.73 Å². The summed E-state index contributed by atoms with van der Waals surface area (Å²) in [6.07, 6.45) is 0.0295. The fraction of sp³-hybridized carbons (Fsp3) is 0.167. The van der Waals surface area contributed by atoms with Gasteiger partial charge in [0.05, 0.1) is 19.6 Å². The van der Waals surface area contributed by atoms with E-state index in [0.717, 1.165) is 11.3 Å². The Balaban J connectivity index is 1.67. The van der Waals surface area contributed by atoms with Gasteiger partial charge in [0, 0.05) is 6.54 Å². The van der Waals surface area contributed by atoms with Crippen LogP contribution in [0.1, 0.15) is 23.6 Å². The van der Waals surface area contributed by atoms with Crippen LogP contribution in [0.15, 0.2) is 78.9 Å². The lowest BCUT2D eigenvalue weighted by molar-refractivity contribution is -0.121. The van der Waals surface area contributed by atoms with Crippen molar-refractivity contribution < 1.29 is 19.1 Å². The number of primary amides is 1. The molecule has 0 fully saturated rings. The van der Waals surface area contributed by atoms with Gasteiger partial charge in [0.1, 0.15) is 17.2 Å². The Hall–Kier alpha value is -4.00. The third-order valence-corrected chi connectivity index (χ3v) is 4.57. The van der Waals surface area contributed by atoms with Gasteiger partial charge in [0.2, 0.25) is 5.91 Å². The number of hydrogen-bond donors (Lipinski definition) is 3. The molecule has 0 heterocycles. The minimum atomic E-state index is -0.708. The summed E-state index contributed by atoms with van der Waals surface area (Å²) in [7, 11) is 1.59. The molecule has 0 aromatic heterocycles. The van der Waals surface area contributed by atoms with E-state index in [1.165, 1.54) is 0 Å². The van der Waals surface area contributed by atoms with Crippen molar-refractivity contribution in [1.29, 1.82) is 0 Å². The number of para-hydroxylation sites is 1. The molecule has 3 aromatic rings. The van der Waals surface area contributed by atoms with E-state index >= 15 is 0 Å². The van der Waals surface area contributed by atoms with Gasteiger partial charge in [0.25, 0.3) is 0 Å². The number of rotatable bonds is 9. The number of hydrogen-bond acceptors (Lipinski definition) is 4. The van der Waals surface area contributed by atoms with Crippen LogP contribution in [0.4, 0.5) is 4.79 Å². The molecule has 31 heavy (non-hydrogen) atoms. The molecule has 0 saturated heterocycles. The molecule has 1 unspecified atom stereocenters. The number of carbonyl (C=O) groups excluding carboxylic acids is 2. The Bertz CT molecular complexity index is 1020. The molecule has 3 amide bonds. The smallest absolute Gasteiger partial charge is 0.312 e. The first kappa shape index (κ1) is 21.7. The maximum Gasteiger partial charge on any atom is 0.312 e. The zero-order valence-corrected chi connectivity index (χ0v) is 17.2. The van der Waals surface area contributed by atoms with Gasteiger partial charge in [-0.25, -0.2) is 4.79 Å². The molecular weight excluding hydrogens is 394 g/mol. The summed E-state index contributed by atoms with van der Waals surface area (Å²) in [6, 6.07) is 22.7. The van der Waals surface area contributed by atoms with Crippen LogP contribution in [0.5, 0.6) is 17.2 Å². The van der Waals surface area contributed by atoms with Crippen LogP contribution >= 0.6 is 0 Å². The highest BCUT2D eigenvalue weighted by atomic mass is 16.5. The molecule has 0 aliphatic heterocycles. The maximum atomic E-state index is 12.5. The Morgan fingerprint density at radius 2 is 1.61 bits per heavy atom. The average molecular weight is 419 g/mol. The summed E-state index contributed by atoms with van der Waals surface area (Å²) in [5.41, 5.74) is 6.96. The lowest BCUT2D eigenvalue weighted by Gasteiger charge is -2.19. The van der Waals surface area contributed by atoms with Gasteiger partial charge in [-0.15, -0.1) is 0 Å². The van der Waals surface area contributed by atoms with Crippen LogP contribution in [0.3, 0.4) is 0 Å². The Morgan fingerprint density at radius 3 is 2.35 bits per heavy atom. The average Bonchev–Trinajstić information content (AvgIpc) is 2.78. The molecule has 4 N–H and O–H groups in total. The number of benzene rings is 3. The predicted octanol–water partition coefficient (Wildman–Crippen LogP) is 3.90. The summed E-state index contributed by atoms with van der Waals surface area (Å²) in [4.78, 5) is 24.1. The molecule has 7 heteroatoms. The quantitative estimate of drug-likeness (QED) is 0.489. The Morgan fingerprint density at radius 1 is 0.903 bits per heavy atom.